The highest BCUT2D eigenvalue weighted by Gasteiger charge is 2.14. The van der Waals surface area contributed by atoms with Gasteiger partial charge in [-0.1, -0.05) is 23.4 Å². The molecule has 0 N–H and O–H groups in total. The van der Waals surface area contributed by atoms with E-state index in [0.717, 1.165) is 4.88 Å². The molecule has 0 aliphatic carbocycles. The maximum absolute atomic E-state index is 10.4. The summed E-state index contributed by atoms with van der Waals surface area (Å²) in [6, 6.07) is 0. The molecule has 0 fully saturated rings. The summed E-state index contributed by atoms with van der Waals surface area (Å²) in [4.78, 5) is 17.1. The lowest BCUT2D eigenvalue weighted by molar-refractivity contribution is -0.485. The van der Waals surface area contributed by atoms with E-state index >= 15 is 0 Å². The fourth-order valence-corrected chi connectivity index (χ4v) is 2.76. The number of halogens is 1. The number of nitro groups is 1. The molecule has 0 amide bonds. The second kappa shape index (κ2) is 6.77. The minimum Gasteiger partial charge on any atom is -0.341 e. The van der Waals surface area contributed by atoms with E-state index in [2.05, 4.69) is 10.1 Å². The van der Waals surface area contributed by atoms with E-state index in [-0.39, 0.29) is 0 Å². The highest BCUT2D eigenvalue weighted by atomic mass is 35.5. The van der Waals surface area contributed by atoms with Crippen LogP contribution in [-0.4, -0.2) is 32.9 Å². The van der Waals surface area contributed by atoms with Crippen LogP contribution in [0.4, 0.5) is 0 Å². The Bertz CT molecular complexity index is 423. The molecule has 9 heteroatoms. The van der Waals surface area contributed by atoms with Crippen molar-refractivity contribution >= 4 is 39.9 Å². The van der Waals surface area contributed by atoms with Gasteiger partial charge in [-0.3, -0.25) is 0 Å². The molecule has 0 unspecified atom stereocenters. The molecule has 0 saturated heterocycles. The Labute approximate surface area is 112 Å². The van der Waals surface area contributed by atoms with Crippen LogP contribution >= 0.6 is 34.7 Å². The average Bonchev–Trinajstić information content (AvgIpc) is 2.68. The van der Waals surface area contributed by atoms with E-state index in [4.69, 9.17) is 11.6 Å². The molecule has 6 nitrogen and oxygen atoms in total. The number of rotatable bonds is 4. The van der Waals surface area contributed by atoms with Gasteiger partial charge in [-0.15, -0.1) is 11.3 Å². The molecule has 0 aromatic carbocycles. The lowest BCUT2D eigenvalue weighted by Gasteiger charge is -2.19. The highest BCUT2D eigenvalue weighted by Crippen LogP contribution is 2.20. The maximum Gasteiger partial charge on any atom is 0.237 e. The normalized spacial score (nSPS) is 11.6. The molecule has 0 aliphatic rings. The van der Waals surface area contributed by atoms with Crippen LogP contribution in [0, 0.1) is 10.1 Å². The van der Waals surface area contributed by atoms with Crippen LogP contribution in [0.2, 0.25) is 4.47 Å². The molecule has 1 aromatic rings. The zero-order chi connectivity index (χ0) is 12.8. The topological polar surface area (TPSA) is 71.6 Å². The number of hydrazone groups is 1. The lowest BCUT2D eigenvalue weighted by atomic mass is 10.5. The van der Waals surface area contributed by atoms with Gasteiger partial charge in [0.05, 0.1) is 11.6 Å². The Morgan fingerprint density at radius 1 is 1.82 bits per heavy atom. The van der Waals surface area contributed by atoms with Gasteiger partial charge in [0.2, 0.25) is 5.17 Å². The molecule has 0 bridgehead atoms. The van der Waals surface area contributed by atoms with Crippen molar-refractivity contribution in [2.24, 2.45) is 5.10 Å². The smallest absolute Gasteiger partial charge is 0.237 e. The van der Waals surface area contributed by atoms with Gasteiger partial charge in [-0.25, -0.2) is 15.1 Å². The Morgan fingerprint density at radius 3 is 2.94 bits per heavy atom. The van der Waals surface area contributed by atoms with E-state index in [1.54, 1.807) is 17.4 Å². The van der Waals surface area contributed by atoms with Crippen LogP contribution in [0.1, 0.15) is 11.8 Å². The molecule has 0 atom stereocenters. The number of nitrogens with zero attached hydrogens (tertiary/aromatic N) is 4. The van der Waals surface area contributed by atoms with Crippen LogP contribution in [-0.2, 0) is 6.54 Å². The number of thiazole rings is 1. The Morgan fingerprint density at radius 2 is 2.53 bits per heavy atom. The summed E-state index contributed by atoms with van der Waals surface area (Å²) in [5, 5.41) is 13.4. The van der Waals surface area contributed by atoms with Crippen LogP contribution < -0.4 is 0 Å². The van der Waals surface area contributed by atoms with Gasteiger partial charge in [0, 0.05) is 17.6 Å². The van der Waals surface area contributed by atoms with Crippen molar-refractivity contribution < 1.29 is 5.03 Å². The predicted octanol–water partition coefficient (Wildman–Crippen LogP) is 2.53. The van der Waals surface area contributed by atoms with Gasteiger partial charge >= 0.3 is 0 Å². The van der Waals surface area contributed by atoms with E-state index in [9.17, 15) is 10.1 Å². The first-order chi connectivity index (χ1) is 8.06. The van der Waals surface area contributed by atoms with Crippen molar-refractivity contribution in [3.63, 3.8) is 0 Å². The summed E-state index contributed by atoms with van der Waals surface area (Å²) in [6.07, 6.45) is 3.42. The van der Waals surface area contributed by atoms with Gasteiger partial charge in [-0.2, -0.15) is 0 Å². The van der Waals surface area contributed by atoms with Gasteiger partial charge in [0.15, 0.2) is 9.50 Å². The molecular formula is C8H11ClN4O2S2. The van der Waals surface area contributed by atoms with E-state index < -0.39 is 5.03 Å². The van der Waals surface area contributed by atoms with E-state index in [0.29, 0.717) is 22.7 Å². The van der Waals surface area contributed by atoms with Crippen LogP contribution in [0.3, 0.4) is 0 Å². The number of thioether (sulfide) groups is 1. The Kier molecular flexibility index (Phi) is 5.66. The number of hydrogen-bond acceptors (Lipinski definition) is 5. The van der Waals surface area contributed by atoms with Crippen molar-refractivity contribution in [3.05, 3.63) is 25.7 Å². The van der Waals surface area contributed by atoms with E-state index in [1.807, 2.05) is 6.92 Å². The molecule has 0 aliphatic heterocycles. The van der Waals surface area contributed by atoms with E-state index in [1.165, 1.54) is 23.1 Å². The summed E-state index contributed by atoms with van der Waals surface area (Å²) >= 11 is 8.33. The molecule has 0 spiro atoms. The average molecular weight is 295 g/mol. The summed E-state index contributed by atoms with van der Waals surface area (Å²) in [7, 11) is 0. The van der Waals surface area contributed by atoms with Crippen LogP contribution in [0.15, 0.2) is 11.3 Å². The first kappa shape index (κ1) is 14.2. The van der Waals surface area contributed by atoms with Crippen LogP contribution in [0.5, 0.6) is 0 Å². The van der Waals surface area contributed by atoms with Gasteiger partial charge in [0.1, 0.15) is 0 Å². The second-order valence-electron chi connectivity index (χ2n) is 2.92. The number of amidine groups is 1. The molecule has 17 heavy (non-hydrogen) atoms. The minimum atomic E-state index is -0.686. The molecule has 0 radical (unpaired) electrons. The third-order valence-electron chi connectivity index (χ3n) is 1.87. The fourth-order valence-electron chi connectivity index (χ4n) is 1.16. The first-order valence-electron chi connectivity index (χ1n) is 4.69. The maximum atomic E-state index is 10.4. The number of aromatic nitrogens is 1. The quantitative estimate of drug-likeness (QED) is 0.369. The Balaban J connectivity index is 2.80. The lowest BCUT2D eigenvalue weighted by Crippen LogP contribution is -2.28. The fraction of sp³-hybridized carbons (Fsp3) is 0.500. The zero-order valence-corrected chi connectivity index (χ0v) is 11.7. The van der Waals surface area contributed by atoms with Gasteiger partial charge in [0.25, 0.3) is 0 Å². The summed E-state index contributed by atoms with van der Waals surface area (Å²) in [5.74, 6) is 0. The monoisotopic (exact) mass is 294 g/mol. The van der Waals surface area contributed by atoms with Crippen molar-refractivity contribution in [1.82, 2.24) is 9.88 Å². The van der Waals surface area contributed by atoms with Gasteiger partial charge < -0.3 is 4.90 Å². The third-order valence-corrected chi connectivity index (χ3v) is 3.68. The standard InChI is InChI=1S/C8H11ClN4O2S2/c1-3-12(8(16-2)11-13(14)15)5-6-4-10-7(9)17-6/h4H,3,5H2,1-2H3. The van der Waals surface area contributed by atoms with Crippen molar-refractivity contribution in [2.45, 2.75) is 13.5 Å². The zero-order valence-electron chi connectivity index (χ0n) is 9.29. The largest absolute Gasteiger partial charge is 0.341 e. The molecule has 0 saturated carbocycles. The van der Waals surface area contributed by atoms with Gasteiger partial charge in [-0.05, 0) is 13.2 Å². The van der Waals surface area contributed by atoms with Crippen molar-refractivity contribution in [1.29, 1.82) is 0 Å². The first-order valence-corrected chi connectivity index (χ1v) is 7.10. The third kappa shape index (κ3) is 4.49. The minimum absolute atomic E-state index is 0.377. The molecule has 1 rings (SSSR count). The summed E-state index contributed by atoms with van der Waals surface area (Å²) in [6.45, 7) is 3.06. The summed E-state index contributed by atoms with van der Waals surface area (Å²) < 4.78 is 0.466. The summed E-state index contributed by atoms with van der Waals surface area (Å²) in [5.41, 5.74) is 0. The molecule has 94 valence electrons. The number of hydrogen-bond donors (Lipinski definition) is 0. The van der Waals surface area contributed by atoms with Crippen molar-refractivity contribution in [3.8, 4) is 0 Å². The molecular weight excluding hydrogens is 284 g/mol. The SMILES string of the molecule is CCN(Cc1cnc(Cl)s1)C(=N[N+](=O)[O-])SC. The molecule has 1 aromatic heterocycles. The second-order valence-corrected chi connectivity index (χ2v) is 5.39. The van der Waals surface area contributed by atoms with Crippen LogP contribution in [0.25, 0.3) is 0 Å². The molecule has 1 heterocycles. The highest BCUT2D eigenvalue weighted by molar-refractivity contribution is 8.13. The Hall–Kier alpha value is -0.860. The van der Waals surface area contributed by atoms with Crippen molar-refractivity contribution in [2.75, 3.05) is 12.8 Å². The predicted molar refractivity (Wildman–Crippen MR) is 71.2 cm³/mol.